The fourth-order valence-electron chi connectivity index (χ4n) is 6.87. The second-order valence-electron chi connectivity index (χ2n) is 19.7. The number of halogens is 1. The summed E-state index contributed by atoms with van der Waals surface area (Å²) < 4.78 is 16.4. The van der Waals surface area contributed by atoms with Crippen LogP contribution in [0.5, 0.6) is 0 Å². The molecular weight excluding hydrogens is 869 g/mol. The Morgan fingerprint density at radius 2 is 1.06 bits per heavy atom. The average Bonchev–Trinajstić information content (AvgIpc) is 3.70. The molecule has 2 atom stereocenters. The maximum atomic E-state index is 12.7. The molecule has 2 N–H and O–H groups in total. The van der Waals surface area contributed by atoms with E-state index >= 15 is 0 Å². The van der Waals surface area contributed by atoms with Gasteiger partial charge in [0.15, 0.2) is 0 Å². The first kappa shape index (κ1) is 48.6. The lowest BCUT2D eigenvalue weighted by atomic mass is 10.0. The molecule has 2 aromatic heterocycles. The lowest BCUT2D eigenvalue weighted by Gasteiger charge is -2.26. The first-order chi connectivity index (χ1) is 29.5. The molecule has 0 fully saturated rings. The van der Waals surface area contributed by atoms with Gasteiger partial charge in [-0.2, -0.15) is 0 Å². The van der Waals surface area contributed by atoms with Crippen LogP contribution >= 0.6 is 15.9 Å². The summed E-state index contributed by atoms with van der Waals surface area (Å²) in [4.78, 5) is 35.1. The van der Waals surface area contributed by atoms with Gasteiger partial charge >= 0.3 is 12.2 Å². The van der Waals surface area contributed by atoms with E-state index in [2.05, 4.69) is 143 Å². The van der Waals surface area contributed by atoms with Gasteiger partial charge in [-0.05, 0) is 101 Å². The zero-order valence-corrected chi connectivity index (χ0v) is 41.8. The number of hydrogen-bond acceptors (Lipinski definition) is 6. The summed E-state index contributed by atoms with van der Waals surface area (Å²) in [5.74, 6) is 5.23. The molecule has 0 bridgehead atoms. The van der Waals surface area contributed by atoms with Gasteiger partial charge in [-0.1, -0.05) is 130 Å². The highest BCUT2D eigenvalue weighted by molar-refractivity contribution is 9.10. The molecule has 2 amide bonds. The number of benzene rings is 4. The van der Waals surface area contributed by atoms with Crippen molar-refractivity contribution in [1.29, 1.82) is 0 Å². The van der Waals surface area contributed by atoms with Crippen molar-refractivity contribution < 1.29 is 19.1 Å². The molecule has 2 heterocycles. The second-order valence-corrected chi connectivity index (χ2v) is 25.3. The number of alkyl carbamates (subject to hydrolysis) is 2. The number of ether oxygens (including phenoxy) is 2. The van der Waals surface area contributed by atoms with Gasteiger partial charge in [-0.25, -0.2) is 19.6 Å². The third-order valence-corrected chi connectivity index (χ3v) is 11.1. The van der Waals surface area contributed by atoms with Gasteiger partial charge in [0.05, 0.1) is 34.2 Å². The molecule has 0 aliphatic carbocycles. The monoisotopic (exact) mass is 932 g/mol. The van der Waals surface area contributed by atoms with Crippen LogP contribution in [0.2, 0.25) is 19.6 Å². The Hall–Kier alpha value is -5.38. The van der Waals surface area contributed by atoms with Crippen LogP contribution in [0, 0.1) is 23.3 Å². The van der Waals surface area contributed by atoms with Gasteiger partial charge < -0.3 is 29.2 Å². The molecule has 6 aromatic rings. The molecule has 0 spiro atoms. The number of nitrogens with one attached hydrogen (secondary N) is 2. The first-order valence-corrected chi connectivity index (χ1v) is 26.0. The van der Waals surface area contributed by atoms with E-state index in [1.165, 1.54) is 11.1 Å². The number of fused-ring (bicyclic) bond motifs is 2. The quantitative estimate of drug-likeness (QED) is 0.105. The van der Waals surface area contributed by atoms with Crippen molar-refractivity contribution in [2.45, 2.75) is 125 Å². The van der Waals surface area contributed by atoms with Crippen molar-refractivity contribution in [3.63, 3.8) is 0 Å². The Bertz CT molecular complexity index is 2550. The fourth-order valence-corrected chi connectivity index (χ4v) is 7.74. The van der Waals surface area contributed by atoms with E-state index in [9.17, 15) is 9.59 Å². The molecule has 334 valence electrons. The predicted octanol–water partition coefficient (Wildman–Crippen LogP) is 12.6. The van der Waals surface area contributed by atoms with E-state index in [0.29, 0.717) is 13.1 Å². The molecule has 0 saturated carbocycles. The lowest BCUT2D eigenvalue weighted by Crippen LogP contribution is -2.38. The second kappa shape index (κ2) is 20.4. The smallest absolute Gasteiger partial charge is 0.408 e. The number of carbonyl (C=O) groups excluding carboxylic acids is 2. The predicted molar refractivity (Wildman–Crippen MR) is 262 cm³/mol. The van der Waals surface area contributed by atoms with Gasteiger partial charge in [-0.3, -0.25) is 0 Å². The Morgan fingerprint density at radius 1 is 0.651 bits per heavy atom. The third kappa shape index (κ3) is 14.3. The summed E-state index contributed by atoms with van der Waals surface area (Å²) in [7, 11) is -1.48. The first-order valence-electron chi connectivity index (χ1n) is 21.7. The van der Waals surface area contributed by atoms with Gasteiger partial charge in [-0.15, -0.1) is 5.54 Å². The van der Waals surface area contributed by atoms with Crippen molar-refractivity contribution in [3.05, 3.63) is 130 Å². The van der Waals surface area contributed by atoms with E-state index < -0.39 is 31.5 Å². The van der Waals surface area contributed by atoms with Crippen LogP contribution in [0.15, 0.2) is 102 Å². The molecule has 0 aliphatic heterocycles. The summed E-state index contributed by atoms with van der Waals surface area (Å²) >= 11 is 3.53. The largest absolute Gasteiger partial charge is 0.444 e. The van der Waals surface area contributed by atoms with E-state index in [1.54, 1.807) is 0 Å². The van der Waals surface area contributed by atoms with Crippen LogP contribution in [0.1, 0.15) is 110 Å². The molecular formula is C51H65BrN6O4Si. The molecule has 10 nitrogen and oxygen atoms in total. The van der Waals surface area contributed by atoms with Crippen molar-refractivity contribution in [2.24, 2.45) is 11.8 Å². The standard InChI is InChI=1S/C28H37N3O2Si.C23H28BrN3O2/c1-20(2)25(30-27(32)33-28(3,4)5)26-29-23-18-21(16-17-34(6,7)8)14-15-24(23)31(26)19-22-12-10-9-11-13-22;1-15(2)20(26-22(28)29-23(3,4)5)21-25-18-13-17(24)11-12-19(18)27(21)14-16-9-7-6-8-10-16/h9-15,18,20,25H,19H2,1-8H3,(H,30,32);6-13,15,20H,14H2,1-5H3,(H,26,28)/t25-;20-/m11/s1. The highest BCUT2D eigenvalue weighted by atomic mass is 79.9. The van der Waals surface area contributed by atoms with Gasteiger partial charge in [0.1, 0.15) is 30.9 Å². The molecule has 12 heteroatoms. The van der Waals surface area contributed by atoms with Crippen LogP contribution in [0.4, 0.5) is 9.59 Å². The summed E-state index contributed by atoms with van der Waals surface area (Å²) in [6.07, 6.45) is -0.873. The molecule has 4 aromatic carbocycles. The highest BCUT2D eigenvalue weighted by Gasteiger charge is 2.29. The van der Waals surface area contributed by atoms with Gasteiger partial charge in [0.2, 0.25) is 0 Å². The third-order valence-electron chi connectivity index (χ3n) is 9.70. The lowest BCUT2D eigenvalue weighted by molar-refractivity contribution is 0.0474. The number of imidazole rings is 2. The van der Waals surface area contributed by atoms with E-state index in [-0.39, 0.29) is 23.9 Å². The van der Waals surface area contributed by atoms with Crippen molar-refractivity contribution in [1.82, 2.24) is 29.7 Å². The SMILES string of the molecule is CC(C)[C@@H](NC(=O)OC(C)(C)C)c1nc2cc(Br)ccc2n1Cc1ccccc1.CC(C)[C@@H](NC(=O)OC(C)(C)C)c1nc2cc(C#C[Si](C)(C)C)ccc2n1Cc1ccccc1. The van der Waals surface area contributed by atoms with Crippen molar-refractivity contribution in [2.75, 3.05) is 0 Å². The Labute approximate surface area is 383 Å². The summed E-state index contributed by atoms with van der Waals surface area (Å²) in [5, 5.41) is 6.10. The van der Waals surface area contributed by atoms with Gasteiger partial charge in [0, 0.05) is 23.1 Å². The topological polar surface area (TPSA) is 112 Å². The van der Waals surface area contributed by atoms with E-state index in [0.717, 1.165) is 43.8 Å². The van der Waals surface area contributed by atoms with Crippen LogP contribution < -0.4 is 10.6 Å². The molecule has 0 unspecified atom stereocenters. The summed E-state index contributed by atoms with van der Waals surface area (Å²) in [6, 6.07) is 32.3. The minimum Gasteiger partial charge on any atom is -0.444 e. The minimum atomic E-state index is -1.48. The average molecular weight is 934 g/mol. The van der Waals surface area contributed by atoms with Crippen molar-refractivity contribution in [3.8, 4) is 11.5 Å². The summed E-state index contributed by atoms with van der Waals surface area (Å²) in [5.41, 5.74) is 9.45. The normalized spacial score (nSPS) is 12.9. The van der Waals surface area contributed by atoms with Crippen LogP contribution in [0.25, 0.3) is 22.1 Å². The zero-order valence-electron chi connectivity index (χ0n) is 39.3. The number of nitrogens with zero attached hydrogens (tertiary/aromatic N) is 4. The van der Waals surface area contributed by atoms with Crippen LogP contribution in [-0.2, 0) is 22.6 Å². The molecule has 0 saturated heterocycles. The zero-order chi connectivity index (χ0) is 46.3. The minimum absolute atomic E-state index is 0.116. The number of rotatable bonds is 10. The van der Waals surface area contributed by atoms with Crippen LogP contribution in [-0.4, -0.2) is 50.6 Å². The maximum absolute atomic E-state index is 12.7. The number of aromatic nitrogens is 4. The van der Waals surface area contributed by atoms with Gasteiger partial charge in [0.25, 0.3) is 0 Å². The molecule has 0 aliphatic rings. The van der Waals surface area contributed by atoms with E-state index in [4.69, 9.17) is 19.4 Å². The Balaban J connectivity index is 0.000000240. The molecule has 63 heavy (non-hydrogen) atoms. The Kier molecular flexibility index (Phi) is 15.8. The fraction of sp³-hybridized carbons (Fsp3) is 0.412. The highest BCUT2D eigenvalue weighted by Crippen LogP contribution is 2.30. The number of amides is 2. The van der Waals surface area contributed by atoms with Crippen LogP contribution in [0.3, 0.4) is 0 Å². The molecule has 6 rings (SSSR count). The van der Waals surface area contributed by atoms with E-state index in [1.807, 2.05) is 90.1 Å². The summed E-state index contributed by atoms with van der Waals surface area (Å²) in [6.45, 7) is 27.5. The maximum Gasteiger partial charge on any atom is 0.408 e. The number of hydrogen-bond donors (Lipinski definition) is 2. The Morgan fingerprint density at radius 3 is 1.46 bits per heavy atom. The number of carbonyl (C=O) groups is 2. The molecule has 0 radical (unpaired) electrons. The van der Waals surface area contributed by atoms with Crippen molar-refractivity contribution >= 4 is 58.3 Å².